The summed E-state index contributed by atoms with van der Waals surface area (Å²) in [6.07, 6.45) is 3.85. The van der Waals surface area contributed by atoms with E-state index in [1.54, 1.807) is 23.6 Å². The van der Waals surface area contributed by atoms with Gasteiger partial charge in [0.2, 0.25) is 5.95 Å². The normalized spacial score (nSPS) is 12.5. The number of nitrogens with zero attached hydrogens (tertiary/aromatic N) is 4. The van der Waals surface area contributed by atoms with Crippen LogP contribution >= 0.6 is 0 Å². The molecule has 0 radical (unpaired) electrons. The Morgan fingerprint density at radius 1 is 1.21 bits per heavy atom. The first-order valence-corrected chi connectivity index (χ1v) is 11.1. The quantitative estimate of drug-likeness (QED) is 0.429. The third kappa shape index (κ3) is 3.72. The van der Waals surface area contributed by atoms with E-state index in [0.29, 0.717) is 41.4 Å². The minimum Gasteiger partial charge on any atom is -0.493 e. The number of benzene rings is 1. The van der Waals surface area contributed by atoms with Crippen LogP contribution in [0, 0.1) is 19.7 Å². The zero-order valence-electron chi connectivity index (χ0n) is 19.2. The number of halogens is 1. The maximum absolute atomic E-state index is 14.6. The molecule has 4 heterocycles. The van der Waals surface area contributed by atoms with E-state index in [-0.39, 0.29) is 24.7 Å². The molecule has 1 N–H and O–H groups in total. The van der Waals surface area contributed by atoms with Crippen LogP contribution in [0.15, 0.2) is 36.8 Å². The molecule has 0 unspecified atom stereocenters. The van der Waals surface area contributed by atoms with Crippen molar-refractivity contribution < 1.29 is 18.7 Å². The van der Waals surface area contributed by atoms with Gasteiger partial charge in [0.15, 0.2) is 5.69 Å². The maximum atomic E-state index is 14.6. The lowest BCUT2D eigenvalue weighted by molar-refractivity contribution is 0.0522. The van der Waals surface area contributed by atoms with Crippen molar-refractivity contribution in [2.75, 3.05) is 18.5 Å². The topological polar surface area (TPSA) is 90.6 Å². The molecular weight excluding hydrogens is 437 g/mol. The fourth-order valence-corrected chi connectivity index (χ4v) is 4.34. The van der Waals surface area contributed by atoms with Gasteiger partial charge in [-0.25, -0.2) is 19.2 Å². The Labute approximate surface area is 195 Å². The fourth-order valence-electron chi connectivity index (χ4n) is 4.34. The second-order valence-corrected chi connectivity index (χ2v) is 8.07. The number of imidazole rings is 1. The van der Waals surface area contributed by atoms with Crippen LogP contribution in [0.4, 0.5) is 10.3 Å². The van der Waals surface area contributed by atoms with Gasteiger partial charge in [-0.1, -0.05) is 6.07 Å². The van der Waals surface area contributed by atoms with Crippen molar-refractivity contribution in [2.45, 2.75) is 33.7 Å². The summed E-state index contributed by atoms with van der Waals surface area (Å²) < 4.78 is 27.1. The summed E-state index contributed by atoms with van der Waals surface area (Å²) in [7, 11) is 0. The van der Waals surface area contributed by atoms with Gasteiger partial charge in [-0.05, 0) is 39.0 Å². The van der Waals surface area contributed by atoms with E-state index in [1.807, 2.05) is 26.0 Å². The highest BCUT2D eigenvalue weighted by Crippen LogP contribution is 2.32. The zero-order valence-corrected chi connectivity index (χ0v) is 19.2. The van der Waals surface area contributed by atoms with Crippen molar-refractivity contribution in [1.29, 1.82) is 0 Å². The van der Waals surface area contributed by atoms with Crippen molar-refractivity contribution in [2.24, 2.45) is 0 Å². The largest absolute Gasteiger partial charge is 0.493 e. The fraction of sp³-hybridized carbons (Fsp3) is 0.280. The van der Waals surface area contributed by atoms with Crippen molar-refractivity contribution in [1.82, 2.24) is 19.4 Å². The molecule has 0 bridgehead atoms. The highest BCUT2D eigenvalue weighted by molar-refractivity contribution is 6.00. The number of rotatable bonds is 6. The van der Waals surface area contributed by atoms with Crippen molar-refractivity contribution >= 4 is 17.4 Å². The molecular formula is C25H24FN5O3. The number of fused-ring (bicyclic) bond motifs is 2. The van der Waals surface area contributed by atoms with Crippen molar-refractivity contribution in [3.05, 3.63) is 70.8 Å². The Hall–Kier alpha value is -4.01. The molecule has 1 aliphatic heterocycles. The molecule has 0 aliphatic carbocycles. The minimum atomic E-state index is -0.523. The Balaban J connectivity index is 1.60. The molecule has 0 atom stereocenters. The number of anilines is 1. The van der Waals surface area contributed by atoms with Crippen LogP contribution in [-0.2, 0) is 17.7 Å². The molecule has 4 aromatic rings. The van der Waals surface area contributed by atoms with Crippen LogP contribution in [0.1, 0.15) is 39.9 Å². The number of ether oxygens (including phenoxy) is 2. The molecule has 8 nitrogen and oxygen atoms in total. The number of hydrogen-bond donors (Lipinski definition) is 1. The number of pyridine rings is 1. The third-order valence-corrected chi connectivity index (χ3v) is 5.91. The van der Waals surface area contributed by atoms with Gasteiger partial charge in [0, 0.05) is 52.8 Å². The Kier molecular flexibility index (Phi) is 5.61. The lowest BCUT2D eigenvalue weighted by Crippen LogP contribution is -2.11. The predicted molar refractivity (Wildman–Crippen MR) is 125 cm³/mol. The molecule has 0 saturated heterocycles. The number of hydrogen-bond acceptors (Lipinski definition) is 7. The molecule has 5 rings (SSSR count). The third-order valence-electron chi connectivity index (χ3n) is 5.91. The van der Waals surface area contributed by atoms with Crippen molar-refractivity contribution in [3.8, 4) is 16.9 Å². The van der Waals surface area contributed by atoms with Gasteiger partial charge in [-0.15, -0.1) is 0 Å². The van der Waals surface area contributed by atoms with Gasteiger partial charge in [0.25, 0.3) is 0 Å². The lowest BCUT2D eigenvalue weighted by Gasteiger charge is -2.14. The monoisotopic (exact) mass is 461 g/mol. The number of carbonyl (C=O) groups excluding carboxylic acids is 1. The Morgan fingerprint density at radius 2 is 2.06 bits per heavy atom. The molecule has 1 aromatic carbocycles. The summed E-state index contributed by atoms with van der Waals surface area (Å²) in [5.74, 6) is 0.311. The van der Waals surface area contributed by atoms with Crippen LogP contribution in [-0.4, -0.2) is 38.5 Å². The highest BCUT2D eigenvalue weighted by Gasteiger charge is 2.23. The molecule has 174 valence electrons. The predicted octanol–water partition coefficient (Wildman–Crippen LogP) is 4.27. The van der Waals surface area contributed by atoms with Gasteiger partial charge in [0.05, 0.1) is 18.7 Å². The van der Waals surface area contributed by atoms with E-state index < -0.39 is 5.97 Å². The average Bonchev–Trinajstić information content (AvgIpc) is 3.47. The number of nitrogens with one attached hydrogen (secondary N) is 1. The van der Waals surface area contributed by atoms with Gasteiger partial charge >= 0.3 is 5.97 Å². The summed E-state index contributed by atoms with van der Waals surface area (Å²) in [5, 5.41) is 3.21. The second-order valence-electron chi connectivity index (χ2n) is 8.07. The van der Waals surface area contributed by atoms with E-state index >= 15 is 0 Å². The summed E-state index contributed by atoms with van der Waals surface area (Å²) in [6.45, 7) is 6.55. The van der Waals surface area contributed by atoms with Gasteiger partial charge in [-0.3, -0.25) is 9.38 Å². The molecule has 9 heteroatoms. The van der Waals surface area contributed by atoms with Gasteiger partial charge < -0.3 is 14.8 Å². The SMILES string of the molecule is CCOC(=O)c1ncn2c(NCc3c(F)ccc4c3CCO4)ncc(-c3ccc(C)nc3C)c12. The smallest absolute Gasteiger partial charge is 0.359 e. The number of aromatic nitrogens is 4. The van der Waals surface area contributed by atoms with E-state index in [9.17, 15) is 9.18 Å². The van der Waals surface area contributed by atoms with Crippen molar-refractivity contribution in [3.63, 3.8) is 0 Å². The van der Waals surface area contributed by atoms with E-state index in [1.165, 1.54) is 12.4 Å². The molecule has 34 heavy (non-hydrogen) atoms. The van der Waals surface area contributed by atoms with Crippen LogP contribution < -0.4 is 10.1 Å². The molecule has 1 aliphatic rings. The Morgan fingerprint density at radius 3 is 2.85 bits per heavy atom. The zero-order chi connectivity index (χ0) is 23.8. The van der Waals surface area contributed by atoms with Crippen LogP contribution in [0.25, 0.3) is 16.6 Å². The maximum Gasteiger partial charge on any atom is 0.359 e. The second kappa shape index (κ2) is 8.74. The Bertz CT molecular complexity index is 1420. The van der Waals surface area contributed by atoms with Crippen LogP contribution in [0.3, 0.4) is 0 Å². The summed E-state index contributed by atoms with van der Waals surface area (Å²) in [6, 6.07) is 6.93. The minimum absolute atomic E-state index is 0.183. The summed E-state index contributed by atoms with van der Waals surface area (Å²) in [4.78, 5) is 26.2. The van der Waals surface area contributed by atoms with Crippen LogP contribution in [0.5, 0.6) is 5.75 Å². The molecule has 3 aromatic heterocycles. The molecule has 0 amide bonds. The summed E-state index contributed by atoms with van der Waals surface area (Å²) >= 11 is 0. The first-order chi connectivity index (χ1) is 16.5. The number of esters is 1. The van der Waals surface area contributed by atoms with E-state index in [0.717, 1.165) is 22.5 Å². The van der Waals surface area contributed by atoms with Gasteiger partial charge in [-0.2, -0.15) is 0 Å². The van der Waals surface area contributed by atoms with E-state index in [2.05, 4.69) is 20.3 Å². The first kappa shape index (κ1) is 21.8. The van der Waals surface area contributed by atoms with Crippen LogP contribution in [0.2, 0.25) is 0 Å². The molecule has 0 saturated carbocycles. The van der Waals surface area contributed by atoms with E-state index in [4.69, 9.17) is 9.47 Å². The highest BCUT2D eigenvalue weighted by atomic mass is 19.1. The molecule has 0 fully saturated rings. The first-order valence-electron chi connectivity index (χ1n) is 11.1. The van der Waals surface area contributed by atoms with Gasteiger partial charge in [0.1, 0.15) is 17.9 Å². The molecule has 0 spiro atoms. The average molecular weight is 461 g/mol. The summed E-state index contributed by atoms with van der Waals surface area (Å²) in [5.41, 5.74) is 5.37. The standard InChI is InChI=1S/C25H24FN5O3/c1-4-33-24(32)22-23-19(16-6-5-14(2)30-15(16)3)12-28-25(31(23)13-29-22)27-11-18-17-9-10-34-21(17)8-7-20(18)26/h5-8,12-13H,4,9-11H2,1-3H3,(H,27,28). The number of aryl methyl sites for hydroxylation is 2. The lowest BCUT2D eigenvalue weighted by atomic mass is 10.0. The number of carbonyl (C=O) groups is 1.